The summed E-state index contributed by atoms with van der Waals surface area (Å²) in [6, 6.07) is 24.0. The fourth-order valence-corrected chi connectivity index (χ4v) is 2.79. The molecule has 5 nitrogen and oxygen atoms in total. The Morgan fingerprint density at radius 2 is 1.81 bits per heavy atom. The van der Waals surface area contributed by atoms with Crippen molar-refractivity contribution in [3.05, 3.63) is 90.3 Å². The van der Waals surface area contributed by atoms with E-state index in [1.807, 2.05) is 47.0 Å². The van der Waals surface area contributed by atoms with Crippen LogP contribution in [0.25, 0.3) is 16.7 Å². The lowest BCUT2D eigenvalue weighted by Crippen LogP contribution is -2.12. The molecular weight excluding hydrogens is 324 g/mol. The molecule has 0 radical (unpaired) electrons. The molecule has 26 heavy (non-hydrogen) atoms. The van der Waals surface area contributed by atoms with Gasteiger partial charge in [-0.15, -0.1) is 0 Å². The number of carbonyl (C=O) groups is 1. The van der Waals surface area contributed by atoms with Crippen molar-refractivity contribution in [1.82, 2.24) is 9.55 Å². The summed E-state index contributed by atoms with van der Waals surface area (Å²) in [5.41, 5.74) is 4.50. The zero-order valence-corrected chi connectivity index (χ0v) is 13.8. The molecule has 1 N–H and O–H groups in total. The molecule has 0 aliphatic rings. The highest BCUT2D eigenvalue weighted by molar-refractivity contribution is 6.04. The van der Waals surface area contributed by atoms with Crippen LogP contribution in [-0.2, 0) is 0 Å². The molecule has 0 fully saturated rings. The summed E-state index contributed by atoms with van der Waals surface area (Å²) in [6.07, 6.45) is 1.75. The van der Waals surface area contributed by atoms with Gasteiger partial charge in [0, 0.05) is 16.9 Å². The molecule has 5 heteroatoms. The maximum Gasteiger partial charge on any atom is 0.255 e. The normalized spacial score (nSPS) is 10.4. The number of benzene rings is 3. The second kappa shape index (κ2) is 6.54. The van der Waals surface area contributed by atoms with Gasteiger partial charge >= 0.3 is 0 Å². The van der Waals surface area contributed by atoms with Crippen molar-refractivity contribution in [2.45, 2.75) is 0 Å². The number of anilines is 1. The number of carbonyl (C=O) groups excluding carboxylic acids is 1. The number of nitrogens with one attached hydrogen (secondary N) is 1. The van der Waals surface area contributed by atoms with Gasteiger partial charge in [-0.3, -0.25) is 9.36 Å². The van der Waals surface area contributed by atoms with E-state index >= 15 is 0 Å². The predicted octanol–water partition coefficient (Wildman–Crippen LogP) is 4.15. The zero-order chi connectivity index (χ0) is 17.9. The van der Waals surface area contributed by atoms with Gasteiger partial charge in [-0.1, -0.05) is 18.2 Å². The van der Waals surface area contributed by atoms with E-state index < -0.39 is 0 Å². The minimum absolute atomic E-state index is 0.207. The van der Waals surface area contributed by atoms with Crippen LogP contribution in [0.1, 0.15) is 15.9 Å². The largest absolute Gasteiger partial charge is 0.322 e. The average molecular weight is 338 g/mol. The molecule has 124 valence electrons. The Bertz CT molecular complexity index is 1140. The van der Waals surface area contributed by atoms with Crippen molar-refractivity contribution in [3.8, 4) is 11.8 Å². The maximum atomic E-state index is 12.6. The number of hydrogen-bond acceptors (Lipinski definition) is 3. The molecule has 3 aromatic carbocycles. The Kier molecular flexibility index (Phi) is 3.92. The van der Waals surface area contributed by atoms with Gasteiger partial charge in [0.15, 0.2) is 0 Å². The Morgan fingerprint density at radius 3 is 2.62 bits per heavy atom. The van der Waals surface area contributed by atoms with Crippen molar-refractivity contribution in [3.63, 3.8) is 0 Å². The van der Waals surface area contributed by atoms with Crippen molar-refractivity contribution < 1.29 is 4.79 Å². The van der Waals surface area contributed by atoms with E-state index in [9.17, 15) is 4.79 Å². The Balaban J connectivity index is 1.62. The smallest absolute Gasteiger partial charge is 0.255 e. The molecule has 1 aromatic heterocycles. The highest BCUT2D eigenvalue weighted by atomic mass is 16.1. The van der Waals surface area contributed by atoms with Crippen molar-refractivity contribution in [2.24, 2.45) is 0 Å². The van der Waals surface area contributed by atoms with Crippen LogP contribution >= 0.6 is 0 Å². The molecular formula is C21H14N4O. The third kappa shape index (κ3) is 2.92. The van der Waals surface area contributed by atoms with Gasteiger partial charge in [-0.2, -0.15) is 5.26 Å². The number of aromatic nitrogens is 2. The number of amides is 1. The van der Waals surface area contributed by atoms with Gasteiger partial charge in [-0.25, -0.2) is 4.98 Å². The van der Waals surface area contributed by atoms with Crippen LogP contribution in [-0.4, -0.2) is 15.5 Å². The van der Waals surface area contributed by atoms with E-state index in [0.29, 0.717) is 16.8 Å². The van der Waals surface area contributed by atoms with E-state index in [-0.39, 0.29) is 5.91 Å². The standard InChI is InChI=1S/C21H14N4O/c22-13-15-8-10-17(11-9-15)24-21(26)16-4-3-5-18(12-16)25-14-23-19-6-1-2-7-20(19)25/h1-12,14H,(H,24,26). The third-order valence-corrected chi connectivity index (χ3v) is 4.11. The van der Waals surface area contributed by atoms with E-state index in [2.05, 4.69) is 16.4 Å². The average Bonchev–Trinajstić information content (AvgIpc) is 3.13. The molecule has 1 amide bonds. The topological polar surface area (TPSA) is 70.7 Å². The minimum Gasteiger partial charge on any atom is -0.322 e. The fourth-order valence-electron chi connectivity index (χ4n) is 2.79. The van der Waals surface area contributed by atoms with Gasteiger partial charge in [0.05, 0.1) is 22.7 Å². The van der Waals surface area contributed by atoms with Crippen LogP contribution in [0.4, 0.5) is 5.69 Å². The van der Waals surface area contributed by atoms with Crippen LogP contribution in [0.2, 0.25) is 0 Å². The molecule has 0 bridgehead atoms. The molecule has 0 unspecified atom stereocenters. The van der Waals surface area contributed by atoms with Crippen molar-refractivity contribution in [2.75, 3.05) is 5.32 Å². The summed E-state index contributed by atoms with van der Waals surface area (Å²) in [5, 5.41) is 11.7. The van der Waals surface area contributed by atoms with Crippen molar-refractivity contribution >= 4 is 22.6 Å². The third-order valence-electron chi connectivity index (χ3n) is 4.11. The van der Waals surface area contributed by atoms with Crippen LogP contribution < -0.4 is 5.32 Å². The Hall–Kier alpha value is -3.91. The first-order valence-electron chi connectivity index (χ1n) is 8.09. The summed E-state index contributed by atoms with van der Waals surface area (Å²) in [6.45, 7) is 0. The lowest BCUT2D eigenvalue weighted by atomic mass is 10.1. The first-order chi connectivity index (χ1) is 12.7. The monoisotopic (exact) mass is 338 g/mol. The maximum absolute atomic E-state index is 12.6. The van der Waals surface area contributed by atoms with Crippen LogP contribution in [0.5, 0.6) is 0 Å². The van der Waals surface area contributed by atoms with E-state index in [1.54, 1.807) is 36.7 Å². The van der Waals surface area contributed by atoms with Gasteiger partial charge in [-0.05, 0) is 54.6 Å². The lowest BCUT2D eigenvalue weighted by Gasteiger charge is -2.08. The molecule has 0 spiro atoms. The first-order valence-corrected chi connectivity index (χ1v) is 8.09. The zero-order valence-electron chi connectivity index (χ0n) is 13.8. The minimum atomic E-state index is -0.207. The van der Waals surface area contributed by atoms with Gasteiger partial charge in [0.1, 0.15) is 6.33 Å². The number of hydrogen-bond donors (Lipinski definition) is 1. The summed E-state index contributed by atoms with van der Waals surface area (Å²) >= 11 is 0. The van der Waals surface area contributed by atoms with Gasteiger partial charge in [0.25, 0.3) is 5.91 Å². The Morgan fingerprint density at radius 1 is 1.00 bits per heavy atom. The molecule has 0 saturated heterocycles. The summed E-state index contributed by atoms with van der Waals surface area (Å²) in [5.74, 6) is -0.207. The number of fused-ring (bicyclic) bond motifs is 1. The lowest BCUT2D eigenvalue weighted by molar-refractivity contribution is 0.102. The summed E-state index contributed by atoms with van der Waals surface area (Å²) in [4.78, 5) is 16.9. The fraction of sp³-hybridized carbons (Fsp3) is 0. The first kappa shape index (κ1) is 15.6. The second-order valence-corrected chi connectivity index (χ2v) is 5.80. The summed E-state index contributed by atoms with van der Waals surface area (Å²) in [7, 11) is 0. The van der Waals surface area contributed by atoms with Gasteiger partial charge in [0.2, 0.25) is 0 Å². The molecule has 1 heterocycles. The number of nitriles is 1. The SMILES string of the molecule is N#Cc1ccc(NC(=O)c2cccc(-n3cnc4ccccc43)c2)cc1. The quantitative estimate of drug-likeness (QED) is 0.610. The highest BCUT2D eigenvalue weighted by Crippen LogP contribution is 2.19. The van der Waals surface area contributed by atoms with E-state index in [1.165, 1.54) is 0 Å². The molecule has 0 aliphatic carbocycles. The molecule has 0 saturated carbocycles. The Labute approximate surface area is 150 Å². The number of nitrogens with zero attached hydrogens (tertiary/aromatic N) is 3. The number of para-hydroxylation sites is 2. The molecule has 4 rings (SSSR count). The summed E-state index contributed by atoms with van der Waals surface area (Å²) < 4.78 is 1.95. The highest BCUT2D eigenvalue weighted by Gasteiger charge is 2.09. The molecule has 0 aliphatic heterocycles. The van der Waals surface area contributed by atoms with Crippen LogP contribution in [0.3, 0.4) is 0 Å². The van der Waals surface area contributed by atoms with Crippen molar-refractivity contribution in [1.29, 1.82) is 5.26 Å². The molecule has 0 atom stereocenters. The van der Waals surface area contributed by atoms with Gasteiger partial charge < -0.3 is 5.32 Å². The van der Waals surface area contributed by atoms with E-state index in [0.717, 1.165) is 16.7 Å². The second-order valence-electron chi connectivity index (χ2n) is 5.80. The van der Waals surface area contributed by atoms with E-state index in [4.69, 9.17) is 5.26 Å². The van der Waals surface area contributed by atoms with Crippen LogP contribution in [0.15, 0.2) is 79.1 Å². The number of rotatable bonds is 3. The number of imidazole rings is 1. The van der Waals surface area contributed by atoms with Crippen LogP contribution in [0, 0.1) is 11.3 Å². The predicted molar refractivity (Wildman–Crippen MR) is 100 cm³/mol. The molecule has 4 aromatic rings.